The molecule has 2 aromatic heterocycles. The lowest BCUT2D eigenvalue weighted by Crippen LogP contribution is -2.14. The zero-order valence-electron chi connectivity index (χ0n) is 17.0. The lowest BCUT2D eigenvalue weighted by Gasteiger charge is -2.11. The number of carbonyl (C=O) groups excluding carboxylic acids is 1. The number of halogens is 3. The smallest absolute Gasteiger partial charge is 0.322 e. The fraction of sp³-hybridized carbons (Fsp3) is 0.0833. The molecule has 5 rings (SSSR count). The Kier molecular flexibility index (Phi) is 5.01. The van der Waals surface area contributed by atoms with Gasteiger partial charge in [-0.3, -0.25) is 9.79 Å². The Balaban J connectivity index is 1.44. The molecular weight excluding hydrogens is 431 g/mol. The number of allylic oxidation sites excluding steroid dienone is 1. The van der Waals surface area contributed by atoms with Crippen molar-refractivity contribution in [3.63, 3.8) is 0 Å². The fourth-order valence-corrected chi connectivity index (χ4v) is 3.58. The van der Waals surface area contributed by atoms with Gasteiger partial charge in [0.2, 0.25) is 0 Å². The van der Waals surface area contributed by atoms with Crippen LogP contribution in [0, 0.1) is 0 Å². The minimum absolute atomic E-state index is 0.0784. The van der Waals surface area contributed by atoms with Crippen molar-refractivity contribution in [2.45, 2.75) is 12.6 Å². The number of fused-ring (bicyclic) bond motifs is 1. The lowest BCUT2D eigenvalue weighted by molar-refractivity contribution is -0.137. The Labute approximate surface area is 186 Å². The van der Waals surface area contributed by atoms with Gasteiger partial charge in [-0.05, 0) is 36.4 Å². The molecule has 9 heteroatoms. The zero-order chi connectivity index (χ0) is 23.0. The molecule has 2 aromatic carbocycles. The van der Waals surface area contributed by atoms with Crippen LogP contribution in [-0.2, 0) is 6.18 Å². The maximum absolute atomic E-state index is 13.0. The van der Waals surface area contributed by atoms with Crippen molar-refractivity contribution in [2.24, 2.45) is 4.99 Å². The predicted octanol–water partition coefficient (Wildman–Crippen LogP) is 5.48. The first-order valence-electron chi connectivity index (χ1n) is 10.0. The van der Waals surface area contributed by atoms with E-state index in [-0.39, 0.29) is 5.56 Å². The summed E-state index contributed by atoms with van der Waals surface area (Å²) in [5.41, 5.74) is 3.44. The number of nitrogens with zero attached hydrogens (tertiary/aromatic N) is 4. The van der Waals surface area contributed by atoms with E-state index in [1.54, 1.807) is 41.2 Å². The van der Waals surface area contributed by atoms with E-state index in [0.29, 0.717) is 17.8 Å². The third-order valence-corrected chi connectivity index (χ3v) is 5.20. The maximum atomic E-state index is 13.0. The third-order valence-electron chi connectivity index (χ3n) is 5.20. The first-order valence-corrected chi connectivity index (χ1v) is 10.0. The predicted molar refractivity (Wildman–Crippen MR) is 119 cm³/mol. The van der Waals surface area contributed by atoms with E-state index >= 15 is 0 Å². The molecule has 0 radical (unpaired) electrons. The van der Waals surface area contributed by atoms with Crippen LogP contribution in [-0.4, -0.2) is 26.7 Å². The highest BCUT2D eigenvalue weighted by Gasteiger charge is 2.30. The molecule has 164 valence electrons. The van der Waals surface area contributed by atoms with Crippen molar-refractivity contribution in [3.05, 3.63) is 89.9 Å². The summed E-state index contributed by atoms with van der Waals surface area (Å²) in [6, 6.07) is 15.0. The molecule has 0 spiro atoms. The standard InChI is InChI=1S/C24H16F3N5O/c25-24(26,27)18-5-1-4-16(11-18)23(33)30-19-6-2-3-15(12-19)21-8-10-29-22-13-20(31-32(21)22)17-7-9-28-14-17/h1-6,8-14H,7H2,(H,30,33). The summed E-state index contributed by atoms with van der Waals surface area (Å²) in [5.74, 6) is -0.632. The quantitative estimate of drug-likeness (QED) is 0.450. The van der Waals surface area contributed by atoms with Gasteiger partial charge >= 0.3 is 6.18 Å². The molecule has 1 N–H and O–H groups in total. The van der Waals surface area contributed by atoms with E-state index in [1.165, 1.54) is 12.1 Å². The number of aliphatic imine (C=N–C) groups is 1. The maximum Gasteiger partial charge on any atom is 0.416 e. The van der Waals surface area contributed by atoms with Gasteiger partial charge in [0.05, 0.1) is 17.0 Å². The van der Waals surface area contributed by atoms with Gasteiger partial charge in [0.15, 0.2) is 5.65 Å². The van der Waals surface area contributed by atoms with Crippen LogP contribution in [0.5, 0.6) is 0 Å². The van der Waals surface area contributed by atoms with Crippen molar-refractivity contribution in [1.29, 1.82) is 0 Å². The Morgan fingerprint density at radius 3 is 2.67 bits per heavy atom. The molecule has 0 saturated carbocycles. The summed E-state index contributed by atoms with van der Waals surface area (Å²) >= 11 is 0. The molecule has 0 fully saturated rings. The van der Waals surface area contributed by atoms with Crippen molar-refractivity contribution < 1.29 is 18.0 Å². The second kappa shape index (κ2) is 8.01. The first-order chi connectivity index (χ1) is 15.9. The normalized spacial score (nSPS) is 13.4. The van der Waals surface area contributed by atoms with Crippen LogP contribution in [0.3, 0.4) is 0 Å². The van der Waals surface area contributed by atoms with Gasteiger partial charge in [0, 0.05) is 53.5 Å². The Hall–Kier alpha value is -4.27. The number of nitrogens with one attached hydrogen (secondary N) is 1. The van der Waals surface area contributed by atoms with Crippen LogP contribution in [0.4, 0.5) is 18.9 Å². The highest BCUT2D eigenvalue weighted by atomic mass is 19.4. The van der Waals surface area contributed by atoms with Crippen molar-refractivity contribution in [1.82, 2.24) is 14.6 Å². The third kappa shape index (κ3) is 4.12. The highest BCUT2D eigenvalue weighted by molar-refractivity contribution is 6.04. The number of carbonyl (C=O) groups is 1. The molecule has 1 amide bonds. The molecule has 3 heterocycles. The van der Waals surface area contributed by atoms with E-state index in [2.05, 4.69) is 20.4 Å². The molecule has 0 bridgehead atoms. The van der Waals surface area contributed by atoms with Gasteiger partial charge in [0.25, 0.3) is 5.91 Å². The van der Waals surface area contributed by atoms with Gasteiger partial charge in [-0.15, -0.1) is 0 Å². The highest BCUT2D eigenvalue weighted by Crippen LogP contribution is 2.30. The van der Waals surface area contributed by atoms with Crippen LogP contribution >= 0.6 is 0 Å². The number of aromatic nitrogens is 3. The zero-order valence-corrected chi connectivity index (χ0v) is 17.0. The summed E-state index contributed by atoms with van der Waals surface area (Å²) in [7, 11) is 0. The van der Waals surface area contributed by atoms with Crippen LogP contribution in [0.2, 0.25) is 0 Å². The number of hydrogen-bond donors (Lipinski definition) is 1. The van der Waals surface area contributed by atoms with Crippen molar-refractivity contribution in [2.75, 3.05) is 5.32 Å². The Morgan fingerprint density at radius 2 is 1.88 bits per heavy atom. The van der Waals surface area contributed by atoms with Crippen LogP contribution < -0.4 is 5.32 Å². The molecule has 0 saturated heterocycles. The average molecular weight is 447 g/mol. The van der Waals surface area contributed by atoms with Gasteiger partial charge in [-0.2, -0.15) is 18.3 Å². The molecular formula is C24H16F3N5O. The van der Waals surface area contributed by atoms with E-state index in [9.17, 15) is 18.0 Å². The fourth-order valence-electron chi connectivity index (χ4n) is 3.58. The summed E-state index contributed by atoms with van der Waals surface area (Å²) in [6.45, 7) is 0. The number of hydrogen-bond acceptors (Lipinski definition) is 4. The van der Waals surface area contributed by atoms with Gasteiger partial charge in [-0.1, -0.05) is 18.2 Å². The van der Waals surface area contributed by atoms with E-state index < -0.39 is 17.6 Å². The Bertz CT molecular complexity index is 1440. The van der Waals surface area contributed by atoms with Crippen molar-refractivity contribution in [3.8, 4) is 11.3 Å². The molecule has 6 nitrogen and oxygen atoms in total. The molecule has 0 aliphatic carbocycles. The number of anilines is 1. The summed E-state index contributed by atoms with van der Waals surface area (Å²) in [6.07, 6.45) is 1.43. The topological polar surface area (TPSA) is 71.7 Å². The molecule has 4 aromatic rings. The molecule has 33 heavy (non-hydrogen) atoms. The summed E-state index contributed by atoms with van der Waals surface area (Å²) in [5, 5.41) is 7.32. The number of alkyl halides is 3. The summed E-state index contributed by atoms with van der Waals surface area (Å²) < 4.78 is 40.6. The lowest BCUT2D eigenvalue weighted by atomic mass is 10.1. The minimum atomic E-state index is -4.52. The average Bonchev–Trinajstić information content (AvgIpc) is 3.48. The second-order valence-electron chi connectivity index (χ2n) is 7.43. The molecule has 1 aliphatic heterocycles. The van der Waals surface area contributed by atoms with Crippen LogP contribution in [0.25, 0.3) is 22.5 Å². The molecule has 0 atom stereocenters. The molecule has 0 unspecified atom stereocenters. The minimum Gasteiger partial charge on any atom is -0.322 e. The van der Waals surface area contributed by atoms with Crippen LogP contribution in [0.1, 0.15) is 28.0 Å². The van der Waals surface area contributed by atoms with Crippen molar-refractivity contribution >= 4 is 29.0 Å². The largest absolute Gasteiger partial charge is 0.416 e. The number of rotatable bonds is 4. The van der Waals surface area contributed by atoms with E-state index in [4.69, 9.17) is 0 Å². The van der Waals surface area contributed by atoms with Gasteiger partial charge in [-0.25, -0.2) is 9.50 Å². The van der Waals surface area contributed by atoms with E-state index in [1.807, 2.05) is 18.3 Å². The summed E-state index contributed by atoms with van der Waals surface area (Å²) in [4.78, 5) is 21.1. The first kappa shape index (κ1) is 20.6. The second-order valence-corrected chi connectivity index (χ2v) is 7.43. The number of amides is 1. The van der Waals surface area contributed by atoms with Gasteiger partial charge < -0.3 is 5.32 Å². The SMILES string of the molecule is O=C(Nc1cccc(-c2ccnc3cc(C4=CN=CC4)nn23)c1)c1cccc(C(F)(F)F)c1. The van der Waals surface area contributed by atoms with Gasteiger partial charge in [0.1, 0.15) is 0 Å². The monoisotopic (exact) mass is 447 g/mol. The van der Waals surface area contributed by atoms with E-state index in [0.717, 1.165) is 34.7 Å². The molecule has 1 aliphatic rings. The Morgan fingerprint density at radius 1 is 1.03 bits per heavy atom. The number of benzene rings is 2. The van der Waals surface area contributed by atoms with Crippen LogP contribution in [0.15, 0.2) is 78.1 Å².